The van der Waals surface area contributed by atoms with E-state index in [9.17, 15) is 18.0 Å². The van der Waals surface area contributed by atoms with E-state index in [2.05, 4.69) is 9.97 Å². The van der Waals surface area contributed by atoms with Crippen molar-refractivity contribution in [2.75, 3.05) is 25.9 Å². The molecule has 1 saturated heterocycles. The average molecular weight is 427 g/mol. The summed E-state index contributed by atoms with van der Waals surface area (Å²) >= 11 is 5.99. The molecule has 152 valence electrons. The molecular weight excluding hydrogens is 404 g/mol. The van der Waals surface area contributed by atoms with Crippen molar-refractivity contribution in [2.45, 2.75) is 26.3 Å². The van der Waals surface area contributed by atoms with Gasteiger partial charge in [0.25, 0.3) is 5.56 Å². The molecule has 1 aliphatic rings. The van der Waals surface area contributed by atoms with Crippen LogP contribution in [0.5, 0.6) is 0 Å². The van der Waals surface area contributed by atoms with Crippen LogP contribution in [0, 0.1) is 5.92 Å². The maximum atomic E-state index is 12.9. The van der Waals surface area contributed by atoms with E-state index in [1.54, 1.807) is 23.1 Å². The number of carbonyl (C=O) groups is 1. The van der Waals surface area contributed by atoms with Gasteiger partial charge in [-0.3, -0.25) is 9.59 Å². The first kappa shape index (κ1) is 20.8. The van der Waals surface area contributed by atoms with Gasteiger partial charge in [0.05, 0.1) is 23.7 Å². The molecule has 1 N–H and O–H groups in total. The third-order valence-corrected chi connectivity index (χ3v) is 6.56. The van der Waals surface area contributed by atoms with Crippen molar-refractivity contribution in [3.63, 3.8) is 0 Å². The largest absolute Gasteiger partial charge is 0.335 e. The predicted molar refractivity (Wildman–Crippen MR) is 108 cm³/mol. The second kappa shape index (κ2) is 8.18. The number of halogens is 1. The summed E-state index contributed by atoms with van der Waals surface area (Å²) in [7, 11) is -3.23. The Kier molecular flexibility index (Phi) is 6.07. The lowest BCUT2D eigenvalue weighted by atomic mass is 9.96. The molecule has 1 amide bonds. The minimum absolute atomic E-state index is 0.0514. The van der Waals surface area contributed by atoms with E-state index in [0.29, 0.717) is 54.2 Å². The zero-order valence-corrected chi connectivity index (χ0v) is 17.4. The van der Waals surface area contributed by atoms with Gasteiger partial charge >= 0.3 is 0 Å². The van der Waals surface area contributed by atoms with Gasteiger partial charge in [0.1, 0.15) is 5.82 Å². The van der Waals surface area contributed by atoms with Gasteiger partial charge in [-0.2, -0.15) is 0 Å². The van der Waals surface area contributed by atoms with E-state index in [4.69, 9.17) is 11.6 Å². The second-order valence-electron chi connectivity index (χ2n) is 6.96. The Morgan fingerprint density at radius 3 is 2.64 bits per heavy atom. The van der Waals surface area contributed by atoms with Gasteiger partial charge in [-0.05, 0) is 38.0 Å². The van der Waals surface area contributed by atoms with Crippen LogP contribution in [0.4, 0.5) is 0 Å². The fourth-order valence-electron chi connectivity index (χ4n) is 3.45. The minimum Gasteiger partial charge on any atom is -0.335 e. The van der Waals surface area contributed by atoms with Crippen molar-refractivity contribution in [2.24, 2.45) is 5.92 Å². The Morgan fingerprint density at radius 1 is 1.36 bits per heavy atom. The minimum atomic E-state index is -3.23. The number of nitrogens with one attached hydrogen (secondary N) is 1. The summed E-state index contributed by atoms with van der Waals surface area (Å²) in [4.78, 5) is 34.0. The summed E-state index contributed by atoms with van der Waals surface area (Å²) in [6.45, 7) is 3.19. The van der Waals surface area contributed by atoms with Crippen LogP contribution in [0.1, 0.15) is 25.6 Å². The normalized spacial score (nSPS) is 16.4. The Labute approximate surface area is 168 Å². The Hall–Kier alpha value is -1.97. The monoisotopic (exact) mass is 426 g/mol. The Bertz CT molecular complexity index is 1050. The van der Waals surface area contributed by atoms with Crippen molar-refractivity contribution >= 4 is 38.4 Å². The van der Waals surface area contributed by atoms with E-state index in [1.807, 2.05) is 6.92 Å². The van der Waals surface area contributed by atoms with Crippen LogP contribution in [-0.4, -0.2) is 59.4 Å². The summed E-state index contributed by atoms with van der Waals surface area (Å²) in [5, 5.41) is 0.924. The van der Waals surface area contributed by atoms with Gasteiger partial charge in [-0.15, -0.1) is 0 Å². The van der Waals surface area contributed by atoms with E-state index in [-0.39, 0.29) is 23.9 Å². The van der Waals surface area contributed by atoms with Gasteiger partial charge in [0.15, 0.2) is 0 Å². The van der Waals surface area contributed by atoms with E-state index in [0.717, 1.165) is 0 Å². The Morgan fingerprint density at radius 2 is 2.04 bits per heavy atom. The number of piperidine rings is 1. The van der Waals surface area contributed by atoms with Crippen molar-refractivity contribution in [3.05, 3.63) is 39.4 Å². The number of fused-ring (bicyclic) bond motifs is 1. The third kappa shape index (κ3) is 4.53. The highest BCUT2D eigenvalue weighted by molar-refractivity contribution is 7.88. The van der Waals surface area contributed by atoms with Crippen LogP contribution in [0.25, 0.3) is 10.9 Å². The number of hydrogen-bond acceptors (Lipinski definition) is 5. The van der Waals surface area contributed by atoms with Crippen LogP contribution < -0.4 is 5.56 Å². The molecule has 1 aromatic heterocycles. The molecule has 10 heteroatoms. The average Bonchev–Trinajstić information content (AvgIpc) is 2.64. The van der Waals surface area contributed by atoms with Crippen LogP contribution in [0.2, 0.25) is 5.02 Å². The lowest BCUT2D eigenvalue weighted by molar-refractivity contribution is -0.137. The molecule has 1 fully saturated rings. The Balaban J connectivity index is 1.75. The third-order valence-electron chi connectivity index (χ3n) is 5.02. The second-order valence-corrected chi connectivity index (χ2v) is 9.38. The van der Waals surface area contributed by atoms with Crippen molar-refractivity contribution < 1.29 is 13.2 Å². The van der Waals surface area contributed by atoms with Crippen LogP contribution in [-0.2, 0) is 21.4 Å². The van der Waals surface area contributed by atoms with Crippen molar-refractivity contribution in [3.8, 4) is 0 Å². The van der Waals surface area contributed by atoms with E-state index >= 15 is 0 Å². The van der Waals surface area contributed by atoms with E-state index in [1.165, 1.54) is 10.6 Å². The number of sulfonamides is 1. The fraction of sp³-hybridized carbons (Fsp3) is 0.500. The van der Waals surface area contributed by atoms with Crippen molar-refractivity contribution in [1.29, 1.82) is 0 Å². The SMILES string of the molecule is CCN(Cc1nc2cc(Cl)ccc2c(=O)[nH]1)C(=O)C1CCN(S(C)(=O)=O)CC1. The molecule has 0 spiro atoms. The summed E-state index contributed by atoms with van der Waals surface area (Å²) in [6.07, 6.45) is 2.15. The molecular formula is C18H23ClN4O4S. The highest BCUT2D eigenvalue weighted by atomic mass is 35.5. The number of H-pyrrole nitrogens is 1. The summed E-state index contributed by atoms with van der Waals surface area (Å²) in [5.41, 5.74) is 0.206. The summed E-state index contributed by atoms with van der Waals surface area (Å²) in [5.74, 6) is 0.104. The fourth-order valence-corrected chi connectivity index (χ4v) is 4.50. The molecule has 3 rings (SSSR count). The first-order chi connectivity index (χ1) is 13.2. The number of amides is 1. The molecule has 0 saturated carbocycles. The number of rotatable bonds is 5. The first-order valence-electron chi connectivity index (χ1n) is 9.11. The molecule has 28 heavy (non-hydrogen) atoms. The number of aromatic amines is 1. The molecule has 0 bridgehead atoms. The number of hydrogen-bond donors (Lipinski definition) is 1. The summed E-state index contributed by atoms with van der Waals surface area (Å²) in [6, 6.07) is 4.87. The molecule has 1 aliphatic heterocycles. The number of carbonyl (C=O) groups excluding carboxylic acids is 1. The molecule has 8 nitrogen and oxygen atoms in total. The van der Waals surface area contributed by atoms with Gasteiger partial charge in [0.2, 0.25) is 15.9 Å². The standard InChI is InChI=1S/C18H23ClN4O4S/c1-3-22(18(25)12-6-8-23(9-7-12)28(2,26)27)11-16-20-15-10-13(19)4-5-14(15)17(24)21-16/h4-5,10,12H,3,6-9,11H2,1-2H3,(H,20,21,24). The molecule has 0 atom stereocenters. The zero-order chi connectivity index (χ0) is 20.5. The van der Waals surface area contributed by atoms with Crippen LogP contribution in [0.15, 0.2) is 23.0 Å². The predicted octanol–water partition coefficient (Wildman–Crippen LogP) is 1.60. The first-order valence-corrected chi connectivity index (χ1v) is 11.3. The number of nitrogens with zero attached hydrogens (tertiary/aromatic N) is 3. The molecule has 0 radical (unpaired) electrons. The van der Waals surface area contributed by atoms with Gasteiger partial charge in [0, 0.05) is 30.6 Å². The van der Waals surface area contributed by atoms with Crippen LogP contribution >= 0.6 is 11.6 Å². The summed E-state index contributed by atoms with van der Waals surface area (Å²) < 4.78 is 24.7. The topological polar surface area (TPSA) is 103 Å². The smallest absolute Gasteiger partial charge is 0.258 e. The van der Waals surface area contributed by atoms with Gasteiger partial charge in [-0.25, -0.2) is 17.7 Å². The van der Waals surface area contributed by atoms with Crippen molar-refractivity contribution in [1.82, 2.24) is 19.2 Å². The quantitative estimate of drug-likeness (QED) is 0.782. The van der Waals surface area contributed by atoms with Gasteiger partial charge in [-0.1, -0.05) is 11.6 Å². The number of aromatic nitrogens is 2. The molecule has 1 aromatic carbocycles. The molecule has 2 aromatic rings. The molecule has 0 unspecified atom stereocenters. The molecule has 2 heterocycles. The number of benzene rings is 1. The lowest BCUT2D eigenvalue weighted by Gasteiger charge is -2.32. The highest BCUT2D eigenvalue weighted by Gasteiger charge is 2.31. The molecule has 0 aliphatic carbocycles. The van der Waals surface area contributed by atoms with E-state index < -0.39 is 10.0 Å². The van der Waals surface area contributed by atoms with Crippen LogP contribution in [0.3, 0.4) is 0 Å². The zero-order valence-electron chi connectivity index (χ0n) is 15.8. The van der Waals surface area contributed by atoms with Gasteiger partial charge < -0.3 is 9.88 Å². The lowest BCUT2D eigenvalue weighted by Crippen LogP contribution is -2.44. The maximum Gasteiger partial charge on any atom is 0.258 e. The highest BCUT2D eigenvalue weighted by Crippen LogP contribution is 2.22. The maximum absolute atomic E-state index is 12.9.